The van der Waals surface area contributed by atoms with Gasteiger partial charge in [0.1, 0.15) is 0 Å². The Morgan fingerprint density at radius 3 is 1.23 bits per heavy atom. The van der Waals surface area contributed by atoms with Gasteiger partial charge in [-0.3, -0.25) is 9.59 Å². The summed E-state index contributed by atoms with van der Waals surface area (Å²) >= 11 is 0. The van der Waals surface area contributed by atoms with E-state index >= 15 is 0 Å². The molecule has 2 aromatic rings. The number of hydrogen-bond acceptors (Lipinski definition) is 6. The molecule has 0 saturated heterocycles. The number of carboxylic acids is 2. The number of rotatable bonds is 4. The fraction of sp³-hybridized carbons (Fsp3) is 0.222. The van der Waals surface area contributed by atoms with Crippen LogP contribution in [-0.2, 0) is 9.59 Å². The number of benzene rings is 2. The predicted octanol–water partition coefficient (Wildman–Crippen LogP) is 1.79. The maximum Gasteiger partial charge on any atom is 0.308 e. The zero-order chi connectivity index (χ0) is 19.2. The highest BCUT2D eigenvalue weighted by atomic mass is 16.4. The van der Waals surface area contributed by atoms with Gasteiger partial charge in [0.25, 0.3) is 0 Å². The van der Waals surface area contributed by atoms with Crippen LogP contribution in [0.25, 0.3) is 0 Å². The molecule has 0 aromatic heterocycles. The summed E-state index contributed by atoms with van der Waals surface area (Å²) in [6.45, 7) is 0. The molecule has 6 N–H and O–H groups in total. The number of carbonyl (C=O) groups is 2. The second-order valence-electron chi connectivity index (χ2n) is 6.28. The van der Waals surface area contributed by atoms with Crippen LogP contribution in [0.2, 0.25) is 0 Å². The third kappa shape index (κ3) is 2.65. The molecule has 2 aromatic carbocycles. The summed E-state index contributed by atoms with van der Waals surface area (Å²) in [7, 11) is 0. The Hall–Kier alpha value is -3.42. The summed E-state index contributed by atoms with van der Waals surface area (Å²) in [6.07, 6.45) is 0. The van der Waals surface area contributed by atoms with E-state index in [2.05, 4.69) is 0 Å². The van der Waals surface area contributed by atoms with Crippen LogP contribution in [0.3, 0.4) is 0 Å². The first-order chi connectivity index (χ1) is 12.2. The van der Waals surface area contributed by atoms with Crippen molar-refractivity contribution in [3.05, 3.63) is 47.5 Å². The van der Waals surface area contributed by atoms with Gasteiger partial charge in [-0.2, -0.15) is 0 Å². The van der Waals surface area contributed by atoms with Crippen molar-refractivity contribution in [1.82, 2.24) is 0 Å². The number of phenols is 4. The first-order valence-electron chi connectivity index (χ1n) is 7.71. The fourth-order valence-electron chi connectivity index (χ4n) is 3.69. The Morgan fingerprint density at radius 2 is 0.962 bits per heavy atom. The molecule has 0 amide bonds. The van der Waals surface area contributed by atoms with Crippen molar-refractivity contribution in [2.75, 3.05) is 0 Å². The normalized spacial score (nSPS) is 24.6. The van der Waals surface area contributed by atoms with E-state index in [1.165, 1.54) is 36.4 Å². The van der Waals surface area contributed by atoms with E-state index in [4.69, 9.17) is 0 Å². The molecule has 1 aliphatic carbocycles. The fourth-order valence-corrected chi connectivity index (χ4v) is 3.69. The highest BCUT2D eigenvalue weighted by molar-refractivity contribution is 5.85. The topological polar surface area (TPSA) is 156 Å². The van der Waals surface area contributed by atoms with E-state index < -0.39 is 47.1 Å². The summed E-state index contributed by atoms with van der Waals surface area (Å²) < 4.78 is 0. The first-order valence-corrected chi connectivity index (χ1v) is 7.71. The number of aliphatic carboxylic acids is 2. The van der Waals surface area contributed by atoms with Crippen LogP contribution >= 0.6 is 0 Å². The van der Waals surface area contributed by atoms with Gasteiger partial charge >= 0.3 is 11.9 Å². The summed E-state index contributed by atoms with van der Waals surface area (Å²) in [5.74, 6) is -8.36. The van der Waals surface area contributed by atoms with Crippen molar-refractivity contribution >= 4 is 11.9 Å². The molecule has 0 radical (unpaired) electrons. The molecule has 8 nitrogen and oxygen atoms in total. The SMILES string of the molecule is O=C(O)[C@@H]1[C@@H](C(=O)O)[C@@H](c2ccc(O)c(O)c2)[C@@H]1c1ccc(O)c(O)c1. The van der Waals surface area contributed by atoms with Crippen LogP contribution < -0.4 is 0 Å². The lowest BCUT2D eigenvalue weighted by Crippen LogP contribution is -2.51. The quantitative estimate of drug-likeness (QED) is 0.451. The van der Waals surface area contributed by atoms with E-state index in [0.717, 1.165) is 0 Å². The molecule has 0 heterocycles. The Morgan fingerprint density at radius 1 is 0.615 bits per heavy atom. The molecule has 4 atom stereocenters. The number of carboxylic acid groups (broad SMARTS) is 2. The Bertz CT molecular complexity index is 817. The first kappa shape index (κ1) is 17.4. The molecule has 1 saturated carbocycles. The molecular weight excluding hydrogens is 344 g/mol. The van der Waals surface area contributed by atoms with Crippen LogP contribution in [-0.4, -0.2) is 42.6 Å². The minimum Gasteiger partial charge on any atom is -0.504 e. The van der Waals surface area contributed by atoms with Crippen molar-refractivity contribution in [2.45, 2.75) is 11.8 Å². The van der Waals surface area contributed by atoms with E-state index in [1.807, 2.05) is 0 Å². The van der Waals surface area contributed by atoms with Gasteiger partial charge in [-0.15, -0.1) is 0 Å². The molecule has 26 heavy (non-hydrogen) atoms. The van der Waals surface area contributed by atoms with Crippen LogP contribution in [0.1, 0.15) is 23.0 Å². The van der Waals surface area contributed by atoms with E-state index in [0.29, 0.717) is 11.1 Å². The van der Waals surface area contributed by atoms with Crippen molar-refractivity contribution < 1.29 is 40.2 Å². The molecule has 0 bridgehead atoms. The molecule has 0 aliphatic heterocycles. The molecule has 0 unspecified atom stereocenters. The second-order valence-corrected chi connectivity index (χ2v) is 6.28. The summed E-state index contributed by atoms with van der Waals surface area (Å²) in [5, 5.41) is 57.4. The monoisotopic (exact) mass is 360 g/mol. The Balaban J connectivity index is 2.12. The van der Waals surface area contributed by atoms with Gasteiger partial charge < -0.3 is 30.6 Å². The van der Waals surface area contributed by atoms with Gasteiger partial charge in [-0.25, -0.2) is 0 Å². The summed E-state index contributed by atoms with van der Waals surface area (Å²) in [5.41, 5.74) is 0.700. The number of phenolic OH excluding ortho intramolecular Hbond substituents is 4. The lowest BCUT2D eigenvalue weighted by atomic mass is 9.52. The zero-order valence-electron chi connectivity index (χ0n) is 13.3. The van der Waals surface area contributed by atoms with Gasteiger partial charge in [0.05, 0.1) is 11.8 Å². The van der Waals surface area contributed by atoms with Gasteiger partial charge in [0, 0.05) is 11.8 Å². The lowest BCUT2D eigenvalue weighted by molar-refractivity contribution is -0.164. The van der Waals surface area contributed by atoms with Crippen molar-refractivity contribution in [3.63, 3.8) is 0 Å². The maximum atomic E-state index is 11.7. The smallest absolute Gasteiger partial charge is 0.308 e. The zero-order valence-corrected chi connectivity index (χ0v) is 13.3. The molecule has 136 valence electrons. The predicted molar refractivity (Wildman–Crippen MR) is 87.3 cm³/mol. The lowest BCUT2D eigenvalue weighted by Gasteiger charge is -2.48. The average Bonchev–Trinajstić information content (AvgIpc) is 2.52. The standard InChI is InChI=1S/C18H16O8/c19-9-3-1-7(5-11(9)21)13-14(8-2-4-10(20)12(22)6-8)16(18(25)26)15(13)17(23)24/h1-6,13-16,19-22H,(H,23,24)(H,25,26)/t13-,14-,15-,16-/m0/s1. The van der Waals surface area contributed by atoms with E-state index in [-0.39, 0.29) is 11.5 Å². The Kier molecular flexibility index (Phi) is 4.11. The van der Waals surface area contributed by atoms with Crippen LogP contribution in [0.15, 0.2) is 36.4 Å². The molecular formula is C18H16O8. The number of hydrogen-bond donors (Lipinski definition) is 6. The van der Waals surface area contributed by atoms with Gasteiger partial charge in [0.15, 0.2) is 23.0 Å². The van der Waals surface area contributed by atoms with E-state index in [9.17, 15) is 40.2 Å². The third-order valence-electron chi connectivity index (χ3n) is 4.89. The Labute approximate surface area is 147 Å². The summed E-state index contributed by atoms with van der Waals surface area (Å²) in [6, 6.07) is 7.62. The summed E-state index contributed by atoms with van der Waals surface area (Å²) in [4.78, 5) is 23.3. The molecule has 3 rings (SSSR count). The third-order valence-corrected chi connectivity index (χ3v) is 4.89. The van der Waals surface area contributed by atoms with Crippen LogP contribution in [0.4, 0.5) is 0 Å². The average molecular weight is 360 g/mol. The van der Waals surface area contributed by atoms with Gasteiger partial charge in [-0.1, -0.05) is 12.1 Å². The van der Waals surface area contributed by atoms with Crippen molar-refractivity contribution in [1.29, 1.82) is 0 Å². The molecule has 1 fully saturated rings. The number of aromatic hydroxyl groups is 4. The van der Waals surface area contributed by atoms with Crippen molar-refractivity contribution in [3.8, 4) is 23.0 Å². The largest absolute Gasteiger partial charge is 0.504 e. The maximum absolute atomic E-state index is 11.7. The van der Waals surface area contributed by atoms with E-state index in [1.54, 1.807) is 0 Å². The highest BCUT2D eigenvalue weighted by Crippen LogP contribution is 2.59. The molecule has 0 spiro atoms. The molecule has 1 aliphatic rings. The van der Waals surface area contributed by atoms with Crippen molar-refractivity contribution in [2.24, 2.45) is 11.8 Å². The minimum absolute atomic E-state index is 0.350. The highest BCUT2D eigenvalue weighted by Gasteiger charge is 2.58. The molecule has 8 heteroatoms. The second kappa shape index (κ2) is 6.14. The van der Waals surface area contributed by atoms with Gasteiger partial charge in [-0.05, 0) is 35.4 Å². The van der Waals surface area contributed by atoms with Gasteiger partial charge in [0.2, 0.25) is 0 Å². The van der Waals surface area contributed by atoms with Crippen LogP contribution in [0, 0.1) is 11.8 Å². The minimum atomic E-state index is -1.30. The van der Waals surface area contributed by atoms with Crippen LogP contribution in [0.5, 0.6) is 23.0 Å².